The quantitative estimate of drug-likeness (QED) is 0.870. The number of aromatic nitrogens is 1. The van der Waals surface area contributed by atoms with Crippen LogP contribution in [-0.4, -0.2) is 28.9 Å². The monoisotopic (exact) mass is 262 g/mol. The van der Waals surface area contributed by atoms with E-state index in [0.29, 0.717) is 0 Å². The molecular formula is C14H18N2OS. The Morgan fingerprint density at radius 3 is 3.00 bits per heavy atom. The zero-order valence-corrected chi connectivity index (χ0v) is 11.5. The molecule has 0 saturated carbocycles. The summed E-state index contributed by atoms with van der Waals surface area (Å²) in [6.45, 7) is 2.10. The number of hydrogen-bond acceptors (Lipinski definition) is 2. The second kappa shape index (κ2) is 5.96. The van der Waals surface area contributed by atoms with Crippen LogP contribution in [0.3, 0.4) is 0 Å². The Bertz CT molecular complexity index is 535. The van der Waals surface area contributed by atoms with Crippen LogP contribution in [-0.2, 0) is 0 Å². The number of benzene rings is 1. The summed E-state index contributed by atoms with van der Waals surface area (Å²) >= 11 is 1.76. The van der Waals surface area contributed by atoms with Gasteiger partial charge in [0.05, 0.1) is 0 Å². The van der Waals surface area contributed by atoms with Crippen LogP contribution >= 0.6 is 11.8 Å². The summed E-state index contributed by atoms with van der Waals surface area (Å²) in [5.74, 6) is 0.965. The third-order valence-corrected chi connectivity index (χ3v) is 3.77. The van der Waals surface area contributed by atoms with Crippen molar-refractivity contribution in [3.8, 4) is 0 Å². The number of thioether (sulfide) groups is 1. The lowest BCUT2D eigenvalue weighted by Gasteiger charge is -2.16. The van der Waals surface area contributed by atoms with E-state index in [4.69, 9.17) is 0 Å². The van der Waals surface area contributed by atoms with Crippen molar-refractivity contribution in [2.75, 3.05) is 12.0 Å². The number of H-pyrrole nitrogens is 1. The topological polar surface area (TPSA) is 44.9 Å². The van der Waals surface area contributed by atoms with Crippen LogP contribution < -0.4 is 5.32 Å². The van der Waals surface area contributed by atoms with Crippen LogP contribution in [0, 0.1) is 0 Å². The predicted octanol–water partition coefficient (Wildman–Crippen LogP) is 3.04. The summed E-state index contributed by atoms with van der Waals surface area (Å²) < 4.78 is 0. The first-order valence-electron chi connectivity index (χ1n) is 6.12. The largest absolute Gasteiger partial charge is 0.361 e. The van der Waals surface area contributed by atoms with Crippen molar-refractivity contribution in [1.82, 2.24) is 10.3 Å². The Balaban J connectivity index is 2.20. The highest BCUT2D eigenvalue weighted by molar-refractivity contribution is 7.98. The smallest absolute Gasteiger partial charge is 0.252 e. The van der Waals surface area contributed by atoms with E-state index in [1.807, 2.05) is 30.5 Å². The maximum absolute atomic E-state index is 12.3. The second-order valence-corrected chi connectivity index (χ2v) is 5.19. The van der Waals surface area contributed by atoms with Crippen LogP contribution in [0.5, 0.6) is 0 Å². The molecule has 4 heteroatoms. The molecule has 1 unspecified atom stereocenters. The Morgan fingerprint density at radius 2 is 2.28 bits per heavy atom. The number of carbonyl (C=O) groups is 1. The van der Waals surface area contributed by atoms with Crippen molar-refractivity contribution in [2.45, 2.75) is 19.4 Å². The minimum Gasteiger partial charge on any atom is -0.361 e. The molecule has 2 N–H and O–H groups in total. The Labute approximate surface area is 111 Å². The molecule has 0 spiro atoms. The average Bonchev–Trinajstić information content (AvgIpc) is 2.85. The first-order valence-corrected chi connectivity index (χ1v) is 7.51. The maximum atomic E-state index is 12.3. The fourth-order valence-electron chi connectivity index (χ4n) is 2.01. The van der Waals surface area contributed by atoms with E-state index in [9.17, 15) is 4.79 Å². The molecule has 18 heavy (non-hydrogen) atoms. The summed E-state index contributed by atoms with van der Waals surface area (Å²) in [5, 5.41) is 4.07. The van der Waals surface area contributed by atoms with Crippen LogP contribution in [0.4, 0.5) is 0 Å². The van der Waals surface area contributed by atoms with Gasteiger partial charge in [-0.25, -0.2) is 0 Å². The highest BCUT2D eigenvalue weighted by Gasteiger charge is 2.14. The summed E-state index contributed by atoms with van der Waals surface area (Å²) in [6.07, 6.45) is 4.87. The van der Waals surface area contributed by atoms with Crippen LogP contribution in [0.1, 0.15) is 23.7 Å². The first kappa shape index (κ1) is 13.0. The zero-order valence-electron chi connectivity index (χ0n) is 10.7. The molecule has 1 amide bonds. The molecular weight excluding hydrogens is 244 g/mol. The van der Waals surface area contributed by atoms with Gasteiger partial charge in [-0.1, -0.05) is 13.0 Å². The fraction of sp³-hybridized carbons (Fsp3) is 0.357. The maximum Gasteiger partial charge on any atom is 0.252 e. The van der Waals surface area contributed by atoms with Crippen molar-refractivity contribution in [1.29, 1.82) is 0 Å². The molecule has 1 aromatic heterocycles. The van der Waals surface area contributed by atoms with Crippen molar-refractivity contribution < 1.29 is 4.79 Å². The van der Waals surface area contributed by atoms with E-state index in [2.05, 4.69) is 23.5 Å². The molecule has 0 aliphatic heterocycles. The third-order valence-electron chi connectivity index (χ3n) is 3.04. The van der Waals surface area contributed by atoms with Crippen LogP contribution in [0.25, 0.3) is 10.9 Å². The molecule has 96 valence electrons. The van der Waals surface area contributed by atoms with Crippen molar-refractivity contribution >= 4 is 28.6 Å². The van der Waals surface area contributed by atoms with Crippen molar-refractivity contribution in [3.05, 3.63) is 36.0 Å². The van der Waals surface area contributed by atoms with Gasteiger partial charge in [0.1, 0.15) is 0 Å². The van der Waals surface area contributed by atoms with Crippen LogP contribution in [0.15, 0.2) is 30.5 Å². The molecule has 0 radical (unpaired) electrons. The second-order valence-electron chi connectivity index (χ2n) is 4.28. The number of carbonyl (C=O) groups excluding carboxylic acids is 1. The zero-order chi connectivity index (χ0) is 13.0. The Kier molecular flexibility index (Phi) is 4.31. The molecule has 0 bridgehead atoms. The van der Waals surface area contributed by atoms with Crippen molar-refractivity contribution in [3.63, 3.8) is 0 Å². The van der Waals surface area contributed by atoms with Gasteiger partial charge in [0.25, 0.3) is 5.91 Å². The molecule has 2 aromatic rings. The number of amides is 1. The molecule has 2 rings (SSSR count). The number of aromatic amines is 1. The van der Waals surface area contributed by atoms with E-state index in [1.54, 1.807) is 11.8 Å². The highest BCUT2D eigenvalue weighted by Crippen LogP contribution is 2.17. The van der Waals surface area contributed by atoms with Crippen LogP contribution in [0.2, 0.25) is 0 Å². The molecule has 3 nitrogen and oxygen atoms in total. The summed E-state index contributed by atoms with van der Waals surface area (Å²) in [4.78, 5) is 15.4. The lowest BCUT2D eigenvalue weighted by Crippen LogP contribution is -2.36. The SMILES string of the molecule is CCC(CSC)NC(=O)c1cccc2[nH]ccc12. The summed E-state index contributed by atoms with van der Waals surface area (Å²) in [7, 11) is 0. The molecule has 0 aliphatic carbocycles. The molecule has 1 aromatic carbocycles. The molecule has 1 heterocycles. The number of rotatable bonds is 5. The highest BCUT2D eigenvalue weighted by atomic mass is 32.2. The number of fused-ring (bicyclic) bond motifs is 1. The Hall–Kier alpha value is -1.42. The lowest BCUT2D eigenvalue weighted by atomic mass is 10.1. The van der Waals surface area contributed by atoms with Gasteiger partial charge in [-0.3, -0.25) is 4.79 Å². The first-order chi connectivity index (χ1) is 8.76. The normalized spacial score (nSPS) is 12.6. The van der Waals surface area contributed by atoms with E-state index in [1.165, 1.54) is 0 Å². The summed E-state index contributed by atoms with van der Waals surface area (Å²) in [6, 6.07) is 7.94. The van der Waals surface area contributed by atoms with Gasteiger partial charge in [0, 0.05) is 34.5 Å². The summed E-state index contributed by atoms with van der Waals surface area (Å²) in [5.41, 5.74) is 1.74. The Morgan fingerprint density at radius 1 is 1.44 bits per heavy atom. The van der Waals surface area contributed by atoms with E-state index >= 15 is 0 Å². The predicted molar refractivity (Wildman–Crippen MR) is 78.2 cm³/mol. The van der Waals surface area contributed by atoms with E-state index in [-0.39, 0.29) is 11.9 Å². The van der Waals surface area contributed by atoms with Gasteiger partial charge in [-0.15, -0.1) is 0 Å². The van der Waals surface area contributed by atoms with Gasteiger partial charge in [-0.05, 0) is 30.9 Å². The van der Waals surface area contributed by atoms with Gasteiger partial charge < -0.3 is 10.3 Å². The number of hydrogen-bond donors (Lipinski definition) is 2. The standard InChI is InChI=1S/C14H18N2OS/c1-3-10(9-18-2)16-14(17)12-5-4-6-13-11(12)7-8-15-13/h4-8,10,15H,3,9H2,1-2H3,(H,16,17). The lowest BCUT2D eigenvalue weighted by molar-refractivity contribution is 0.0941. The molecule has 0 saturated heterocycles. The van der Waals surface area contributed by atoms with Gasteiger partial charge in [-0.2, -0.15) is 11.8 Å². The fourth-order valence-corrected chi connectivity index (χ4v) is 2.73. The minimum absolute atomic E-state index is 0.0149. The molecule has 0 aliphatic rings. The van der Waals surface area contributed by atoms with Gasteiger partial charge in [0.15, 0.2) is 0 Å². The minimum atomic E-state index is 0.0149. The third kappa shape index (κ3) is 2.70. The van der Waals surface area contributed by atoms with Crippen molar-refractivity contribution in [2.24, 2.45) is 0 Å². The number of nitrogens with one attached hydrogen (secondary N) is 2. The average molecular weight is 262 g/mol. The van der Waals surface area contributed by atoms with E-state index < -0.39 is 0 Å². The molecule has 0 fully saturated rings. The molecule has 1 atom stereocenters. The van der Waals surface area contributed by atoms with Gasteiger partial charge in [0.2, 0.25) is 0 Å². The van der Waals surface area contributed by atoms with Gasteiger partial charge >= 0.3 is 0 Å². The van der Waals surface area contributed by atoms with E-state index in [0.717, 1.165) is 28.6 Å².